The number of nitrogens with zero attached hydrogens (tertiary/aromatic N) is 2. The lowest BCUT2D eigenvalue weighted by Crippen LogP contribution is -2.52. The number of para-hydroxylation sites is 1. The van der Waals surface area contributed by atoms with Gasteiger partial charge in [-0.05, 0) is 55.5 Å². The number of hydrogen-bond acceptors (Lipinski definition) is 4. The van der Waals surface area contributed by atoms with Gasteiger partial charge in [-0.1, -0.05) is 50.1 Å². The molecule has 0 bridgehead atoms. The van der Waals surface area contributed by atoms with Crippen molar-refractivity contribution in [3.63, 3.8) is 0 Å². The van der Waals surface area contributed by atoms with E-state index < -0.39 is 34.3 Å². The zero-order chi connectivity index (χ0) is 25.6. The van der Waals surface area contributed by atoms with Crippen LogP contribution in [0.15, 0.2) is 48.5 Å². The Morgan fingerprint density at radius 3 is 2.31 bits per heavy atom. The Hall–Kier alpha value is -2.94. The largest absolute Gasteiger partial charge is 0.352 e. The van der Waals surface area contributed by atoms with Crippen LogP contribution in [0.3, 0.4) is 0 Å². The number of halogens is 1. The summed E-state index contributed by atoms with van der Waals surface area (Å²) in [5.74, 6) is -1.20. The molecule has 0 unspecified atom stereocenters. The normalized spacial score (nSPS) is 15.0. The van der Waals surface area contributed by atoms with Gasteiger partial charge in [-0.3, -0.25) is 13.9 Å². The van der Waals surface area contributed by atoms with Crippen LogP contribution >= 0.6 is 0 Å². The summed E-state index contributed by atoms with van der Waals surface area (Å²) in [4.78, 5) is 28.0. The van der Waals surface area contributed by atoms with Crippen LogP contribution in [0.25, 0.3) is 0 Å². The van der Waals surface area contributed by atoms with Crippen molar-refractivity contribution in [3.05, 3.63) is 65.5 Å². The van der Waals surface area contributed by atoms with Gasteiger partial charge in [-0.2, -0.15) is 0 Å². The summed E-state index contributed by atoms with van der Waals surface area (Å²) < 4.78 is 40.0. The number of benzene rings is 2. The lowest BCUT2D eigenvalue weighted by Gasteiger charge is -2.32. The van der Waals surface area contributed by atoms with Crippen LogP contribution in [0.1, 0.15) is 50.7 Å². The van der Waals surface area contributed by atoms with Gasteiger partial charge in [-0.15, -0.1) is 0 Å². The monoisotopic (exact) mass is 503 g/mol. The second-order valence-corrected chi connectivity index (χ2v) is 11.0. The van der Waals surface area contributed by atoms with Crippen LogP contribution in [0.5, 0.6) is 0 Å². The molecule has 0 aromatic heterocycles. The molecule has 1 fully saturated rings. The molecular formula is C26H34FN3O4S. The average molecular weight is 504 g/mol. The van der Waals surface area contributed by atoms with E-state index in [4.69, 9.17) is 0 Å². The van der Waals surface area contributed by atoms with Crippen molar-refractivity contribution in [1.82, 2.24) is 10.2 Å². The topological polar surface area (TPSA) is 86.8 Å². The minimum Gasteiger partial charge on any atom is -0.352 e. The molecule has 0 spiro atoms. The minimum absolute atomic E-state index is 0.0470. The molecule has 0 saturated heterocycles. The van der Waals surface area contributed by atoms with Gasteiger partial charge in [0.25, 0.3) is 0 Å². The van der Waals surface area contributed by atoms with Gasteiger partial charge < -0.3 is 10.2 Å². The van der Waals surface area contributed by atoms with Crippen LogP contribution in [-0.2, 0) is 32.6 Å². The SMILES string of the molecule is CCc1ccccc1N(CC(=O)N(Cc1ccc(F)cc1)[C@H](C)C(=O)NC1CCCC1)S(C)(=O)=O. The first-order valence-electron chi connectivity index (χ1n) is 12.0. The number of anilines is 1. The summed E-state index contributed by atoms with van der Waals surface area (Å²) in [5.41, 5.74) is 1.87. The predicted molar refractivity (Wildman–Crippen MR) is 135 cm³/mol. The molecule has 2 aromatic rings. The molecule has 1 saturated carbocycles. The highest BCUT2D eigenvalue weighted by molar-refractivity contribution is 7.92. The van der Waals surface area contributed by atoms with Crippen molar-refractivity contribution in [2.75, 3.05) is 17.1 Å². The van der Waals surface area contributed by atoms with E-state index in [1.54, 1.807) is 31.2 Å². The van der Waals surface area contributed by atoms with Gasteiger partial charge in [0.05, 0.1) is 11.9 Å². The number of nitrogens with one attached hydrogen (secondary N) is 1. The third-order valence-corrected chi connectivity index (χ3v) is 7.58. The van der Waals surface area contributed by atoms with Gasteiger partial charge >= 0.3 is 0 Å². The third kappa shape index (κ3) is 7.04. The standard InChI is InChI=1S/C26H34FN3O4S/c1-4-21-9-5-8-12-24(21)30(35(3,33)34)18-25(31)29(17-20-13-15-22(27)16-14-20)19(2)26(32)28-23-10-6-7-11-23/h5,8-9,12-16,19,23H,4,6-7,10-11,17-18H2,1-3H3,(H,28,32)/t19-/m1/s1. The van der Waals surface area contributed by atoms with Crippen molar-refractivity contribution in [2.45, 2.75) is 64.6 Å². The fourth-order valence-electron chi connectivity index (χ4n) is 4.41. The van der Waals surface area contributed by atoms with Crippen LogP contribution in [0.2, 0.25) is 0 Å². The smallest absolute Gasteiger partial charge is 0.244 e. The molecular weight excluding hydrogens is 469 g/mol. The maximum atomic E-state index is 13.6. The number of carbonyl (C=O) groups excluding carboxylic acids is 2. The van der Waals surface area contributed by atoms with E-state index in [2.05, 4.69) is 5.32 Å². The minimum atomic E-state index is -3.79. The highest BCUT2D eigenvalue weighted by Crippen LogP contribution is 2.24. The van der Waals surface area contributed by atoms with Crippen LogP contribution in [-0.4, -0.2) is 50.0 Å². The van der Waals surface area contributed by atoms with Gasteiger partial charge in [0.15, 0.2) is 0 Å². The summed E-state index contributed by atoms with van der Waals surface area (Å²) >= 11 is 0. The summed E-state index contributed by atoms with van der Waals surface area (Å²) in [5, 5.41) is 3.02. The second kappa shape index (κ2) is 11.7. The zero-order valence-electron chi connectivity index (χ0n) is 20.5. The van der Waals surface area contributed by atoms with Gasteiger partial charge in [0.2, 0.25) is 21.8 Å². The molecule has 9 heteroatoms. The number of aryl methyl sites for hydroxylation is 1. The Bertz CT molecular complexity index is 1130. The molecule has 7 nitrogen and oxygen atoms in total. The first-order valence-corrected chi connectivity index (χ1v) is 13.8. The number of sulfonamides is 1. The van der Waals surface area contributed by atoms with Crippen LogP contribution in [0.4, 0.5) is 10.1 Å². The van der Waals surface area contributed by atoms with E-state index in [1.165, 1.54) is 17.0 Å². The third-order valence-electron chi connectivity index (χ3n) is 6.46. The maximum absolute atomic E-state index is 13.6. The Kier molecular flexibility index (Phi) is 8.88. The van der Waals surface area contributed by atoms with Crippen molar-refractivity contribution in [3.8, 4) is 0 Å². The molecule has 3 rings (SSSR count). The zero-order valence-corrected chi connectivity index (χ0v) is 21.4. The maximum Gasteiger partial charge on any atom is 0.244 e. The second-order valence-electron chi connectivity index (χ2n) is 9.07. The number of rotatable bonds is 10. The Labute approximate surface area is 207 Å². The van der Waals surface area contributed by atoms with Crippen molar-refractivity contribution in [2.24, 2.45) is 0 Å². The molecule has 1 N–H and O–H groups in total. The summed E-state index contributed by atoms with van der Waals surface area (Å²) in [6, 6.07) is 12.0. The quantitative estimate of drug-likeness (QED) is 0.537. The Morgan fingerprint density at radius 1 is 1.09 bits per heavy atom. The summed E-state index contributed by atoms with van der Waals surface area (Å²) in [7, 11) is -3.79. The molecule has 2 amide bonds. The lowest BCUT2D eigenvalue weighted by atomic mass is 10.1. The van der Waals surface area contributed by atoms with Crippen molar-refractivity contribution in [1.29, 1.82) is 0 Å². The van der Waals surface area contributed by atoms with E-state index >= 15 is 0 Å². The predicted octanol–water partition coefficient (Wildman–Crippen LogP) is 3.63. The summed E-state index contributed by atoms with van der Waals surface area (Å²) in [6.45, 7) is 3.15. The molecule has 0 heterocycles. The van der Waals surface area contributed by atoms with Gasteiger partial charge in [0.1, 0.15) is 18.4 Å². The fourth-order valence-corrected chi connectivity index (χ4v) is 5.29. The Morgan fingerprint density at radius 2 is 1.71 bits per heavy atom. The lowest BCUT2D eigenvalue weighted by molar-refractivity contribution is -0.139. The highest BCUT2D eigenvalue weighted by atomic mass is 32.2. The molecule has 190 valence electrons. The molecule has 0 radical (unpaired) electrons. The number of carbonyl (C=O) groups is 2. The highest BCUT2D eigenvalue weighted by Gasteiger charge is 2.31. The first kappa shape index (κ1) is 26.7. The molecule has 1 aliphatic carbocycles. The van der Waals surface area contributed by atoms with Crippen LogP contribution in [0, 0.1) is 5.82 Å². The van der Waals surface area contributed by atoms with Gasteiger partial charge in [0, 0.05) is 12.6 Å². The molecule has 1 atom stereocenters. The van der Waals surface area contributed by atoms with Crippen molar-refractivity contribution >= 4 is 27.5 Å². The van der Waals surface area contributed by atoms with Crippen molar-refractivity contribution < 1.29 is 22.4 Å². The van der Waals surface area contributed by atoms with Crippen LogP contribution < -0.4 is 9.62 Å². The molecule has 1 aliphatic rings. The number of amides is 2. The Balaban J connectivity index is 1.89. The average Bonchev–Trinajstić information content (AvgIpc) is 3.34. The number of hydrogen-bond donors (Lipinski definition) is 1. The summed E-state index contributed by atoms with van der Waals surface area (Å²) in [6.07, 6.45) is 5.57. The van der Waals surface area contributed by atoms with E-state index in [0.29, 0.717) is 17.7 Å². The van der Waals surface area contributed by atoms with E-state index in [9.17, 15) is 22.4 Å². The van der Waals surface area contributed by atoms with E-state index in [0.717, 1.165) is 41.8 Å². The molecule has 2 aromatic carbocycles. The first-order chi connectivity index (χ1) is 16.6. The van der Waals surface area contributed by atoms with E-state index in [-0.39, 0.29) is 18.5 Å². The van der Waals surface area contributed by atoms with Gasteiger partial charge in [-0.25, -0.2) is 12.8 Å². The molecule has 0 aliphatic heterocycles. The fraction of sp³-hybridized carbons (Fsp3) is 0.462. The van der Waals surface area contributed by atoms with E-state index in [1.807, 2.05) is 19.1 Å². The molecule has 35 heavy (non-hydrogen) atoms.